The van der Waals surface area contributed by atoms with E-state index in [-0.39, 0.29) is 6.10 Å². The summed E-state index contributed by atoms with van der Waals surface area (Å²) >= 11 is 0. The van der Waals surface area contributed by atoms with Crippen LogP contribution in [0.5, 0.6) is 5.75 Å². The van der Waals surface area contributed by atoms with Gasteiger partial charge in [-0.1, -0.05) is 11.6 Å². The predicted molar refractivity (Wildman–Crippen MR) is 81.2 cm³/mol. The zero-order valence-corrected chi connectivity index (χ0v) is 12.7. The number of ether oxygens (including phenoxy) is 1. The van der Waals surface area contributed by atoms with Crippen molar-refractivity contribution in [2.45, 2.75) is 44.3 Å². The van der Waals surface area contributed by atoms with Gasteiger partial charge in [0, 0.05) is 26.7 Å². The Kier molecular flexibility index (Phi) is 4.60. The second-order valence-corrected chi connectivity index (χ2v) is 6.19. The molecule has 116 valence electrons. The van der Waals surface area contributed by atoms with Crippen LogP contribution in [0.25, 0.3) is 0 Å². The van der Waals surface area contributed by atoms with E-state index in [1.165, 1.54) is 25.7 Å². The molecule has 3 rings (SSSR count). The number of allylic oxidation sites excluding steroid dienone is 1. The standard InChI is InChI=1S/C16H25N3O2/c1-18-10-14(9-17-18)21-16-12-19(11-15(16)20)8-7-13-5-3-2-4-6-13/h5,9-10,15-16,20H,2-4,6-8,11-12H2,1H3/t15-,16-/m1/s1. The summed E-state index contributed by atoms with van der Waals surface area (Å²) in [6, 6.07) is 0. The van der Waals surface area contributed by atoms with E-state index < -0.39 is 6.10 Å². The van der Waals surface area contributed by atoms with Crippen LogP contribution in [0.2, 0.25) is 0 Å². The SMILES string of the molecule is Cn1cc(O[C@@H]2CN(CCC3=CCCCC3)C[C@H]2O)cn1. The third-order valence-electron chi connectivity index (χ3n) is 4.42. The van der Waals surface area contributed by atoms with Crippen molar-refractivity contribution in [3.8, 4) is 5.75 Å². The Morgan fingerprint density at radius 1 is 1.38 bits per heavy atom. The van der Waals surface area contributed by atoms with Crippen LogP contribution in [0.1, 0.15) is 32.1 Å². The summed E-state index contributed by atoms with van der Waals surface area (Å²) in [6.07, 6.45) is 11.7. The molecule has 0 saturated carbocycles. The number of nitrogens with zero attached hydrogens (tertiary/aromatic N) is 3. The Bertz CT molecular complexity index is 497. The van der Waals surface area contributed by atoms with Gasteiger partial charge in [0.05, 0.1) is 12.4 Å². The van der Waals surface area contributed by atoms with Gasteiger partial charge < -0.3 is 9.84 Å². The summed E-state index contributed by atoms with van der Waals surface area (Å²) in [7, 11) is 1.86. The minimum Gasteiger partial charge on any atom is -0.483 e. The maximum atomic E-state index is 10.2. The first-order valence-corrected chi connectivity index (χ1v) is 7.94. The highest BCUT2D eigenvalue weighted by Crippen LogP contribution is 2.22. The van der Waals surface area contributed by atoms with E-state index in [1.54, 1.807) is 16.5 Å². The number of aliphatic hydroxyl groups is 1. The van der Waals surface area contributed by atoms with Crippen LogP contribution in [-0.4, -0.2) is 51.6 Å². The first-order chi connectivity index (χ1) is 10.2. The zero-order valence-electron chi connectivity index (χ0n) is 12.7. The second-order valence-electron chi connectivity index (χ2n) is 6.19. The molecule has 1 aromatic rings. The molecule has 1 aliphatic heterocycles. The molecule has 1 aliphatic carbocycles. The minimum atomic E-state index is -0.412. The van der Waals surface area contributed by atoms with Crippen LogP contribution >= 0.6 is 0 Å². The molecule has 1 N–H and O–H groups in total. The maximum absolute atomic E-state index is 10.2. The number of rotatable bonds is 5. The van der Waals surface area contributed by atoms with Crippen LogP contribution in [0, 0.1) is 0 Å². The van der Waals surface area contributed by atoms with Crippen LogP contribution < -0.4 is 4.74 Å². The molecule has 0 bridgehead atoms. The van der Waals surface area contributed by atoms with Crippen molar-refractivity contribution in [3.05, 3.63) is 24.0 Å². The molecule has 1 saturated heterocycles. The Morgan fingerprint density at radius 2 is 2.29 bits per heavy atom. The fourth-order valence-electron chi connectivity index (χ4n) is 3.20. The number of aromatic nitrogens is 2. The first kappa shape index (κ1) is 14.6. The fraction of sp³-hybridized carbons (Fsp3) is 0.688. The van der Waals surface area contributed by atoms with E-state index in [0.29, 0.717) is 6.54 Å². The molecular weight excluding hydrogens is 266 g/mol. The van der Waals surface area contributed by atoms with Crippen molar-refractivity contribution in [1.82, 2.24) is 14.7 Å². The van der Waals surface area contributed by atoms with Crippen LogP contribution in [0.4, 0.5) is 0 Å². The molecule has 1 aromatic heterocycles. The van der Waals surface area contributed by atoms with Crippen molar-refractivity contribution in [1.29, 1.82) is 0 Å². The lowest BCUT2D eigenvalue weighted by molar-refractivity contribution is 0.0736. The Labute approximate surface area is 126 Å². The van der Waals surface area contributed by atoms with E-state index >= 15 is 0 Å². The number of hydrogen-bond acceptors (Lipinski definition) is 4. The molecule has 0 unspecified atom stereocenters. The minimum absolute atomic E-state index is 0.144. The van der Waals surface area contributed by atoms with Crippen molar-refractivity contribution in [2.24, 2.45) is 7.05 Å². The topological polar surface area (TPSA) is 50.5 Å². The molecule has 0 amide bonds. The number of aryl methyl sites for hydroxylation is 1. The molecule has 21 heavy (non-hydrogen) atoms. The van der Waals surface area contributed by atoms with Crippen LogP contribution in [-0.2, 0) is 7.05 Å². The van der Waals surface area contributed by atoms with Crippen molar-refractivity contribution in [3.63, 3.8) is 0 Å². The monoisotopic (exact) mass is 291 g/mol. The van der Waals surface area contributed by atoms with Crippen molar-refractivity contribution < 1.29 is 9.84 Å². The van der Waals surface area contributed by atoms with Crippen LogP contribution in [0.3, 0.4) is 0 Å². The maximum Gasteiger partial charge on any atom is 0.157 e. The Hall–Kier alpha value is -1.33. The fourth-order valence-corrected chi connectivity index (χ4v) is 3.20. The van der Waals surface area contributed by atoms with Gasteiger partial charge in [-0.25, -0.2) is 0 Å². The molecule has 0 aromatic carbocycles. The molecule has 2 heterocycles. The van der Waals surface area contributed by atoms with Crippen LogP contribution in [0.15, 0.2) is 24.0 Å². The van der Waals surface area contributed by atoms with Crippen molar-refractivity contribution >= 4 is 0 Å². The highest BCUT2D eigenvalue weighted by molar-refractivity contribution is 5.13. The number of hydrogen-bond donors (Lipinski definition) is 1. The normalized spacial score (nSPS) is 26.9. The molecular formula is C16H25N3O2. The molecule has 0 radical (unpaired) electrons. The van der Waals surface area contributed by atoms with Gasteiger partial charge >= 0.3 is 0 Å². The quantitative estimate of drug-likeness (QED) is 0.840. The molecule has 2 atom stereocenters. The van der Waals surface area contributed by atoms with Gasteiger partial charge in [0.25, 0.3) is 0 Å². The predicted octanol–water partition coefficient (Wildman–Crippen LogP) is 1.73. The molecule has 0 spiro atoms. The summed E-state index contributed by atoms with van der Waals surface area (Å²) in [6.45, 7) is 2.53. The van der Waals surface area contributed by atoms with E-state index in [0.717, 1.165) is 25.3 Å². The van der Waals surface area contributed by atoms with Gasteiger partial charge in [-0.2, -0.15) is 5.10 Å². The largest absolute Gasteiger partial charge is 0.483 e. The van der Waals surface area contributed by atoms with Crippen molar-refractivity contribution in [2.75, 3.05) is 19.6 Å². The Morgan fingerprint density at radius 3 is 3.00 bits per heavy atom. The summed E-state index contributed by atoms with van der Waals surface area (Å²) in [5.41, 5.74) is 1.59. The summed E-state index contributed by atoms with van der Waals surface area (Å²) < 4.78 is 7.55. The van der Waals surface area contributed by atoms with Gasteiger partial charge in [0.15, 0.2) is 5.75 Å². The van der Waals surface area contributed by atoms with Gasteiger partial charge in [-0.05, 0) is 32.1 Å². The number of β-amino-alcohol motifs (C(OH)–C–C–N with tert-alkyl or cyclic N) is 1. The third-order valence-corrected chi connectivity index (χ3v) is 4.42. The highest BCUT2D eigenvalue weighted by atomic mass is 16.5. The first-order valence-electron chi connectivity index (χ1n) is 7.94. The zero-order chi connectivity index (χ0) is 14.7. The molecule has 5 heteroatoms. The summed E-state index contributed by atoms with van der Waals surface area (Å²) in [4.78, 5) is 2.31. The second kappa shape index (κ2) is 6.62. The van der Waals surface area contributed by atoms with E-state index in [9.17, 15) is 5.11 Å². The van der Waals surface area contributed by atoms with Gasteiger partial charge in [-0.3, -0.25) is 9.58 Å². The van der Waals surface area contributed by atoms with Gasteiger partial charge in [0.1, 0.15) is 12.2 Å². The lowest BCUT2D eigenvalue weighted by Gasteiger charge is -2.18. The average Bonchev–Trinajstić information content (AvgIpc) is 3.05. The van der Waals surface area contributed by atoms with Gasteiger partial charge in [-0.15, -0.1) is 0 Å². The number of aliphatic hydroxyl groups excluding tert-OH is 1. The lowest BCUT2D eigenvalue weighted by Crippen LogP contribution is -2.29. The average molecular weight is 291 g/mol. The summed E-state index contributed by atoms with van der Waals surface area (Å²) in [5, 5.41) is 14.2. The van der Waals surface area contributed by atoms with E-state index in [4.69, 9.17) is 4.74 Å². The Balaban J connectivity index is 1.47. The third kappa shape index (κ3) is 3.86. The summed E-state index contributed by atoms with van der Waals surface area (Å²) in [5.74, 6) is 0.735. The van der Waals surface area contributed by atoms with Gasteiger partial charge in [0.2, 0.25) is 0 Å². The molecule has 1 fully saturated rings. The highest BCUT2D eigenvalue weighted by Gasteiger charge is 2.33. The molecule has 5 nitrogen and oxygen atoms in total. The van der Waals surface area contributed by atoms with E-state index in [2.05, 4.69) is 16.1 Å². The lowest BCUT2D eigenvalue weighted by atomic mass is 9.97. The number of likely N-dealkylation sites (tertiary alicyclic amines) is 1. The molecule has 2 aliphatic rings. The smallest absolute Gasteiger partial charge is 0.157 e. The van der Waals surface area contributed by atoms with E-state index in [1.807, 2.05) is 13.2 Å².